The fraction of sp³-hybridized carbons (Fsp3) is 0.515. The molecule has 0 spiro atoms. The van der Waals surface area contributed by atoms with E-state index in [0.717, 1.165) is 70.8 Å². The molecule has 0 saturated heterocycles. The van der Waals surface area contributed by atoms with Crippen LogP contribution in [0.2, 0.25) is 0 Å². The van der Waals surface area contributed by atoms with E-state index in [0.29, 0.717) is 68.4 Å². The molecule has 4 aliphatic heterocycles. The Morgan fingerprint density at radius 1 is 0.963 bits per heavy atom. The number of aromatic hydroxyl groups is 2. The number of aliphatic hydroxyl groups excluding tert-OH is 3. The number of phenolic OH excluding ortho intramolecular Hbond substituents is 2. The van der Waals surface area contributed by atoms with Crippen molar-refractivity contribution < 1.29 is 54.4 Å². The van der Waals surface area contributed by atoms with Gasteiger partial charge in [0.1, 0.15) is 58.1 Å². The number of hydrogen-bond acceptors (Lipinski definition) is 16. The molecule has 3 saturated carbocycles. The number of benzene rings is 3. The van der Waals surface area contributed by atoms with E-state index < -0.39 is 71.0 Å². The van der Waals surface area contributed by atoms with Gasteiger partial charge in [0, 0.05) is 60.7 Å². The van der Waals surface area contributed by atoms with Gasteiger partial charge in [-0.2, -0.15) is 0 Å². The Kier molecular flexibility index (Phi) is 13.9. The molecule has 5 heterocycles. The molecule has 0 amide bonds. The van der Waals surface area contributed by atoms with E-state index in [1.807, 2.05) is 13.0 Å². The van der Waals surface area contributed by atoms with Crippen LogP contribution in [0.15, 0.2) is 110 Å². The first kappa shape index (κ1) is 54.8. The topological polar surface area (TPSA) is 269 Å². The molecule has 16 heteroatoms. The average molecular weight is 1120 g/mol. The molecule has 434 valence electrons. The predicted molar refractivity (Wildman–Crippen MR) is 307 cm³/mol. The van der Waals surface area contributed by atoms with E-state index in [9.17, 15) is 40.5 Å². The third kappa shape index (κ3) is 8.66. The van der Waals surface area contributed by atoms with Gasteiger partial charge < -0.3 is 66.0 Å². The Morgan fingerprint density at radius 2 is 1.78 bits per heavy atom. The molecule has 4 bridgehead atoms. The smallest absolute Gasteiger partial charge is 0.337 e. The second-order valence-electron chi connectivity index (χ2n) is 25.4. The van der Waals surface area contributed by atoms with Crippen molar-refractivity contribution in [1.82, 2.24) is 16.0 Å². The highest BCUT2D eigenvalue weighted by molar-refractivity contribution is 5.93. The van der Waals surface area contributed by atoms with Crippen LogP contribution in [-0.2, 0) is 41.0 Å². The van der Waals surface area contributed by atoms with E-state index in [1.165, 1.54) is 5.57 Å². The first-order valence-electron chi connectivity index (χ1n) is 30.0. The first-order chi connectivity index (χ1) is 39.5. The highest BCUT2D eigenvalue weighted by atomic mass is 16.6. The lowest BCUT2D eigenvalue weighted by molar-refractivity contribution is -0.171. The van der Waals surface area contributed by atoms with Gasteiger partial charge in [-0.15, -0.1) is 0 Å². The number of carbonyl (C=O) groups is 1. The van der Waals surface area contributed by atoms with Crippen LogP contribution in [0.4, 0.5) is 0 Å². The minimum absolute atomic E-state index is 0.0133. The minimum Gasteiger partial charge on any atom is -0.508 e. The van der Waals surface area contributed by atoms with Crippen molar-refractivity contribution >= 4 is 16.9 Å². The number of nitrogens with two attached hydrogens (primary N) is 1. The molecule has 82 heavy (non-hydrogen) atoms. The molecule has 1 aromatic heterocycles. The van der Waals surface area contributed by atoms with Gasteiger partial charge in [-0.25, -0.2) is 4.79 Å². The number of fused-ring (bicyclic) bond motifs is 12. The molecule has 13 atom stereocenters. The summed E-state index contributed by atoms with van der Waals surface area (Å²) in [6.45, 7) is 5.87. The fourth-order valence-corrected chi connectivity index (χ4v) is 17.3. The van der Waals surface area contributed by atoms with E-state index in [4.69, 9.17) is 19.6 Å². The highest BCUT2D eigenvalue weighted by Gasteiger charge is 2.59. The van der Waals surface area contributed by atoms with E-state index in [1.54, 1.807) is 25.1 Å². The highest BCUT2D eigenvalue weighted by Crippen LogP contribution is 2.62. The number of allylic oxidation sites excluding steroid dienone is 5. The second-order valence-corrected chi connectivity index (χ2v) is 25.4. The standard InChI is InChI=1S/C66H78N4O12/c1-4-49(65(78)18-16-38(28-65)36-7-6-35-8-12-40-20-33(30-71)27-66(40,79)50(35)21-36)63(77)81-53-26-47-59(76)57-52(75)25-42(31-72)80-61(57)58-55-45-17-19-69-62(67)56(45)44(15-10-34-9-13-41(74)24-46(34)48(55)32-73)43-14-11-37-23-54(68-5-2)70-29-39(37)22-51(43)64(53,3)82-60(47)58/h4,6-7,9,13,17,21,23-25,29,33,38,40,43-44,48,51,53-55,68-74,76,78-79H,5,8,10-12,14-16,18-20,22,26-28,30-32,67H2,1-3H3. The zero-order valence-corrected chi connectivity index (χ0v) is 47.1. The monoisotopic (exact) mass is 1120 g/mol. The number of phenols is 2. The van der Waals surface area contributed by atoms with Crippen molar-refractivity contribution in [3.63, 3.8) is 0 Å². The number of rotatable bonds is 9. The van der Waals surface area contributed by atoms with E-state index in [-0.39, 0.29) is 101 Å². The number of likely N-dealkylation sites (N-methyl/N-ethyl adjacent to an activating group) is 1. The molecule has 0 radical (unpaired) electrons. The van der Waals surface area contributed by atoms with Crippen molar-refractivity contribution in [3.8, 4) is 17.2 Å². The van der Waals surface area contributed by atoms with Crippen LogP contribution in [0, 0.1) is 29.6 Å². The summed E-state index contributed by atoms with van der Waals surface area (Å²) in [5.74, 6) is -3.16. The molecular weight excluding hydrogens is 1040 g/mol. The Labute approximate surface area is 477 Å². The van der Waals surface area contributed by atoms with Gasteiger partial charge in [0.25, 0.3) is 0 Å². The van der Waals surface area contributed by atoms with Crippen LogP contribution in [-0.4, -0.2) is 91.5 Å². The van der Waals surface area contributed by atoms with E-state index >= 15 is 4.79 Å². The zero-order chi connectivity index (χ0) is 57.1. The number of dihydropyridines is 2. The molecule has 4 aromatic rings. The van der Waals surface area contributed by atoms with Crippen molar-refractivity contribution in [1.29, 1.82) is 0 Å². The van der Waals surface area contributed by atoms with Crippen molar-refractivity contribution in [3.05, 3.63) is 156 Å². The number of hydrogen-bond donors (Lipinski definition) is 11. The molecular formula is C66H78N4O12. The maximum Gasteiger partial charge on any atom is 0.337 e. The van der Waals surface area contributed by atoms with Crippen LogP contribution >= 0.6 is 0 Å². The zero-order valence-electron chi connectivity index (χ0n) is 47.1. The van der Waals surface area contributed by atoms with Crippen molar-refractivity contribution in [2.45, 2.75) is 158 Å². The summed E-state index contributed by atoms with van der Waals surface area (Å²) in [6, 6.07) is 12.7. The maximum atomic E-state index is 15.6. The van der Waals surface area contributed by atoms with Crippen LogP contribution in [0.25, 0.3) is 11.0 Å². The molecule has 9 aliphatic rings. The molecule has 3 aromatic carbocycles. The van der Waals surface area contributed by atoms with Gasteiger partial charge in [-0.05, 0) is 195 Å². The van der Waals surface area contributed by atoms with Gasteiger partial charge >= 0.3 is 5.97 Å². The quantitative estimate of drug-likeness (QED) is 0.0595. The number of nitrogens with one attached hydrogen (secondary N) is 3. The molecule has 13 unspecified atom stereocenters. The predicted octanol–water partition coefficient (Wildman–Crippen LogP) is 7.00. The number of carbonyl (C=O) groups excluding carboxylic acids is 1. The summed E-state index contributed by atoms with van der Waals surface area (Å²) in [5.41, 5.74) is 11.8. The largest absolute Gasteiger partial charge is 0.508 e. The van der Waals surface area contributed by atoms with Gasteiger partial charge in [-0.1, -0.05) is 43.3 Å². The third-order valence-electron chi connectivity index (χ3n) is 21.2. The summed E-state index contributed by atoms with van der Waals surface area (Å²) >= 11 is 0. The molecule has 13 rings (SSSR count). The van der Waals surface area contributed by atoms with Crippen LogP contribution in [0.5, 0.6) is 17.2 Å². The number of ether oxygens (including phenoxy) is 2. The summed E-state index contributed by atoms with van der Waals surface area (Å²) in [6.07, 6.45) is 13.8. The van der Waals surface area contributed by atoms with Crippen LogP contribution in [0.3, 0.4) is 0 Å². The van der Waals surface area contributed by atoms with Crippen molar-refractivity contribution in [2.24, 2.45) is 35.3 Å². The lowest BCUT2D eigenvalue weighted by Gasteiger charge is -2.52. The Morgan fingerprint density at radius 3 is 2.56 bits per heavy atom. The third-order valence-corrected chi connectivity index (χ3v) is 21.2. The summed E-state index contributed by atoms with van der Waals surface area (Å²) in [4.78, 5) is 30.2. The lowest BCUT2D eigenvalue weighted by atomic mass is 9.61. The van der Waals surface area contributed by atoms with Gasteiger partial charge in [0.15, 0.2) is 5.43 Å². The van der Waals surface area contributed by atoms with Crippen LogP contribution in [0.1, 0.15) is 147 Å². The number of aryl methyl sites for hydroxylation is 2. The molecule has 12 N–H and O–H groups in total. The van der Waals surface area contributed by atoms with E-state index in [2.05, 4.69) is 59.4 Å². The SMILES string of the molecule is CC=C(C(=O)OC1Cc2c3c(c4oc(CO)cc(=O)c4c2O)C2C4=CCNC(N)=C4C(CCc4ccc(O)cc4C2CO)C2CCC4=CC(NCC)NC=C4CC2C1(C)O3)C1(O)CCC(c2ccc3c(c2)C2(O)CC(CO)CC2CC3)C1. The normalized spacial score (nSPS) is 33.6. The lowest BCUT2D eigenvalue weighted by Crippen LogP contribution is -2.59. The molecule has 5 aliphatic carbocycles. The van der Waals surface area contributed by atoms with Gasteiger partial charge in [0.2, 0.25) is 0 Å². The fourth-order valence-electron chi connectivity index (χ4n) is 17.3. The first-order valence-corrected chi connectivity index (χ1v) is 30.0. The summed E-state index contributed by atoms with van der Waals surface area (Å²) in [5, 5.41) is 92.4. The number of aliphatic hydroxyl groups is 5. The Balaban J connectivity index is 0.975. The Bertz CT molecular complexity index is 3510. The van der Waals surface area contributed by atoms with Gasteiger partial charge in [0.05, 0.1) is 29.5 Å². The Hall–Kier alpha value is -6.40. The average Bonchev–Trinajstić information content (AvgIpc) is 2.69. The summed E-state index contributed by atoms with van der Waals surface area (Å²) in [7, 11) is 0. The van der Waals surface area contributed by atoms with Crippen LogP contribution < -0.4 is 31.8 Å². The summed E-state index contributed by atoms with van der Waals surface area (Å²) < 4.78 is 21.4. The van der Waals surface area contributed by atoms with Crippen molar-refractivity contribution in [2.75, 3.05) is 26.3 Å². The molecule has 16 nitrogen and oxygen atoms in total. The second kappa shape index (κ2) is 20.7. The van der Waals surface area contributed by atoms with Gasteiger partial charge in [-0.3, -0.25) is 10.1 Å². The number of esters is 1. The minimum atomic E-state index is -1.59. The molecule has 3 fully saturated rings. The maximum absolute atomic E-state index is 15.6.